The fourth-order valence-electron chi connectivity index (χ4n) is 1.28. The predicted octanol–water partition coefficient (Wildman–Crippen LogP) is 5.70. The van der Waals surface area contributed by atoms with E-state index < -0.39 is 23.3 Å². The molecule has 0 spiro atoms. The monoisotopic (exact) mass is 326 g/mol. The molecule has 0 bridgehead atoms. The molecule has 100 valence electrons. The van der Waals surface area contributed by atoms with Gasteiger partial charge in [0.05, 0.1) is 10.0 Å². The molecule has 0 heterocycles. The van der Waals surface area contributed by atoms with Gasteiger partial charge in [0.25, 0.3) is 0 Å². The highest BCUT2D eigenvalue weighted by Crippen LogP contribution is 2.36. The standard InChI is InChI=1S/C12H4Cl2F4S/c13-5-1-11(9(17)3-7(5)15)19-12-2-6(14)8(16)4-10(12)18/h1-4H. The maximum atomic E-state index is 13.5. The molecule has 2 aromatic rings. The second-order valence-electron chi connectivity index (χ2n) is 3.50. The first kappa shape index (κ1) is 14.5. The van der Waals surface area contributed by atoms with Crippen LogP contribution in [0.2, 0.25) is 10.0 Å². The molecule has 0 N–H and O–H groups in total. The Hall–Kier alpha value is -0.910. The number of rotatable bonds is 2. The van der Waals surface area contributed by atoms with Crippen LogP contribution in [0.15, 0.2) is 34.1 Å². The van der Waals surface area contributed by atoms with Crippen LogP contribution in [0.4, 0.5) is 17.6 Å². The van der Waals surface area contributed by atoms with Crippen molar-refractivity contribution in [2.75, 3.05) is 0 Å². The summed E-state index contributed by atoms with van der Waals surface area (Å²) >= 11 is 11.7. The summed E-state index contributed by atoms with van der Waals surface area (Å²) in [7, 11) is 0. The lowest BCUT2D eigenvalue weighted by Gasteiger charge is -2.06. The second-order valence-corrected chi connectivity index (χ2v) is 5.39. The minimum Gasteiger partial charge on any atom is -0.206 e. The molecule has 0 aliphatic rings. The van der Waals surface area contributed by atoms with E-state index in [-0.39, 0.29) is 19.8 Å². The van der Waals surface area contributed by atoms with Crippen LogP contribution in [0, 0.1) is 23.3 Å². The maximum Gasteiger partial charge on any atom is 0.144 e. The van der Waals surface area contributed by atoms with Gasteiger partial charge in [-0.2, -0.15) is 0 Å². The van der Waals surface area contributed by atoms with E-state index in [0.717, 1.165) is 12.1 Å². The molecule has 0 unspecified atom stereocenters. The Morgan fingerprint density at radius 3 is 1.37 bits per heavy atom. The molecule has 0 aliphatic heterocycles. The van der Waals surface area contributed by atoms with Crippen molar-refractivity contribution >= 4 is 35.0 Å². The van der Waals surface area contributed by atoms with E-state index in [1.807, 2.05) is 0 Å². The topological polar surface area (TPSA) is 0 Å². The van der Waals surface area contributed by atoms with Crippen molar-refractivity contribution in [3.63, 3.8) is 0 Å². The Kier molecular flexibility index (Phi) is 4.28. The van der Waals surface area contributed by atoms with Crippen LogP contribution in [-0.4, -0.2) is 0 Å². The molecule has 0 fully saturated rings. The van der Waals surface area contributed by atoms with E-state index in [1.54, 1.807) is 0 Å². The van der Waals surface area contributed by atoms with Gasteiger partial charge < -0.3 is 0 Å². The zero-order valence-corrected chi connectivity index (χ0v) is 11.3. The molecule has 2 aromatic carbocycles. The third kappa shape index (κ3) is 3.16. The van der Waals surface area contributed by atoms with Gasteiger partial charge in [0.1, 0.15) is 23.3 Å². The van der Waals surface area contributed by atoms with Gasteiger partial charge in [-0.1, -0.05) is 35.0 Å². The number of hydrogen-bond donors (Lipinski definition) is 0. The van der Waals surface area contributed by atoms with E-state index in [9.17, 15) is 17.6 Å². The summed E-state index contributed by atoms with van der Waals surface area (Å²) in [6.07, 6.45) is 0. The molecule has 19 heavy (non-hydrogen) atoms. The predicted molar refractivity (Wildman–Crippen MR) is 66.9 cm³/mol. The SMILES string of the molecule is Fc1cc(F)c(Sc2cc(Cl)c(F)cc2F)cc1Cl. The van der Waals surface area contributed by atoms with Crippen LogP contribution < -0.4 is 0 Å². The Morgan fingerprint density at radius 1 is 0.632 bits per heavy atom. The average Bonchev–Trinajstić information content (AvgIpc) is 2.32. The van der Waals surface area contributed by atoms with Crippen LogP contribution in [0.25, 0.3) is 0 Å². The van der Waals surface area contributed by atoms with E-state index in [4.69, 9.17) is 23.2 Å². The normalized spacial score (nSPS) is 10.8. The first-order valence-corrected chi connectivity index (χ1v) is 6.42. The quantitative estimate of drug-likeness (QED) is 0.503. The summed E-state index contributed by atoms with van der Waals surface area (Å²) in [5.74, 6) is -3.62. The van der Waals surface area contributed by atoms with Crippen molar-refractivity contribution in [3.8, 4) is 0 Å². The summed E-state index contributed by atoms with van der Waals surface area (Å²) in [5.41, 5.74) is 0. The number of halogens is 6. The van der Waals surface area contributed by atoms with Crippen molar-refractivity contribution in [2.24, 2.45) is 0 Å². The van der Waals surface area contributed by atoms with E-state index in [0.29, 0.717) is 23.9 Å². The van der Waals surface area contributed by atoms with Gasteiger partial charge in [-0.15, -0.1) is 0 Å². The zero-order valence-electron chi connectivity index (χ0n) is 8.99. The molecule has 0 aliphatic carbocycles. The Balaban J connectivity index is 2.42. The molecule has 0 amide bonds. The summed E-state index contributed by atoms with van der Waals surface area (Å²) in [6, 6.07) is 3.22. The molecule has 0 saturated heterocycles. The lowest BCUT2D eigenvalue weighted by molar-refractivity contribution is 0.562. The Morgan fingerprint density at radius 2 is 1.00 bits per heavy atom. The smallest absolute Gasteiger partial charge is 0.144 e. The van der Waals surface area contributed by atoms with Crippen molar-refractivity contribution < 1.29 is 17.6 Å². The third-order valence-electron chi connectivity index (χ3n) is 2.17. The highest BCUT2D eigenvalue weighted by atomic mass is 35.5. The van der Waals surface area contributed by atoms with Gasteiger partial charge in [-0.3, -0.25) is 0 Å². The van der Waals surface area contributed by atoms with Crippen molar-refractivity contribution in [1.29, 1.82) is 0 Å². The lowest BCUT2D eigenvalue weighted by atomic mass is 10.3. The van der Waals surface area contributed by atoms with E-state index in [2.05, 4.69) is 0 Å². The molecular weight excluding hydrogens is 323 g/mol. The van der Waals surface area contributed by atoms with Gasteiger partial charge in [0.2, 0.25) is 0 Å². The average molecular weight is 327 g/mol. The molecule has 0 saturated carbocycles. The molecule has 0 nitrogen and oxygen atoms in total. The first-order valence-electron chi connectivity index (χ1n) is 4.85. The van der Waals surface area contributed by atoms with Gasteiger partial charge in [0.15, 0.2) is 0 Å². The Bertz CT molecular complexity index is 591. The number of benzene rings is 2. The first-order chi connectivity index (χ1) is 8.88. The lowest BCUT2D eigenvalue weighted by Crippen LogP contribution is -1.89. The molecule has 0 radical (unpaired) electrons. The van der Waals surface area contributed by atoms with Crippen LogP contribution >= 0.6 is 35.0 Å². The van der Waals surface area contributed by atoms with Gasteiger partial charge >= 0.3 is 0 Å². The largest absolute Gasteiger partial charge is 0.206 e. The van der Waals surface area contributed by atoms with Crippen molar-refractivity contribution in [2.45, 2.75) is 9.79 Å². The van der Waals surface area contributed by atoms with Crippen LogP contribution in [0.3, 0.4) is 0 Å². The van der Waals surface area contributed by atoms with Crippen molar-refractivity contribution in [3.05, 3.63) is 57.6 Å². The third-order valence-corrected chi connectivity index (χ3v) is 3.81. The highest BCUT2D eigenvalue weighted by Gasteiger charge is 2.14. The minimum absolute atomic E-state index is 0.0898. The molecule has 7 heteroatoms. The highest BCUT2D eigenvalue weighted by molar-refractivity contribution is 7.99. The second kappa shape index (κ2) is 5.61. The van der Waals surface area contributed by atoms with Gasteiger partial charge in [-0.25, -0.2) is 17.6 Å². The maximum absolute atomic E-state index is 13.5. The van der Waals surface area contributed by atoms with Gasteiger partial charge in [0, 0.05) is 21.9 Å². The van der Waals surface area contributed by atoms with Crippen LogP contribution in [-0.2, 0) is 0 Å². The summed E-state index contributed by atoms with van der Waals surface area (Å²) in [4.78, 5) is -0.180. The molecular formula is C12H4Cl2F4S. The summed E-state index contributed by atoms with van der Waals surface area (Å²) < 4.78 is 52.9. The minimum atomic E-state index is -0.916. The fraction of sp³-hybridized carbons (Fsp3) is 0. The summed E-state index contributed by atoms with van der Waals surface area (Å²) in [5, 5.41) is -0.588. The van der Waals surface area contributed by atoms with Crippen LogP contribution in [0.5, 0.6) is 0 Å². The van der Waals surface area contributed by atoms with Crippen LogP contribution in [0.1, 0.15) is 0 Å². The zero-order chi connectivity index (χ0) is 14.2. The fourth-order valence-corrected chi connectivity index (χ4v) is 2.64. The molecule has 0 atom stereocenters. The van der Waals surface area contributed by atoms with E-state index in [1.165, 1.54) is 0 Å². The summed E-state index contributed by atoms with van der Waals surface area (Å²) in [6.45, 7) is 0. The van der Waals surface area contributed by atoms with Crippen molar-refractivity contribution in [1.82, 2.24) is 0 Å². The number of hydrogen-bond acceptors (Lipinski definition) is 1. The Labute approximate surface area is 120 Å². The molecule has 2 rings (SSSR count). The molecule has 0 aromatic heterocycles. The van der Waals surface area contributed by atoms with Gasteiger partial charge in [-0.05, 0) is 12.1 Å². The van der Waals surface area contributed by atoms with E-state index >= 15 is 0 Å².